The molecule has 0 heterocycles. The molecule has 0 atom stereocenters. The van der Waals surface area contributed by atoms with Crippen molar-refractivity contribution in [1.82, 2.24) is 4.72 Å². The third-order valence-electron chi connectivity index (χ3n) is 2.84. The quantitative estimate of drug-likeness (QED) is 0.611. The van der Waals surface area contributed by atoms with E-state index in [0.717, 1.165) is 0 Å². The topological polar surface area (TPSA) is 72.5 Å². The van der Waals surface area contributed by atoms with Crippen molar-refractivity contribution in [2.75, 3.05) is 11.3 Å². The summed E-state index contributed by atoms with van der Waals surface area (Å²) in [6, 6.07) is -0.0526. The number of carbonyl (C=O) groups excluding carboxylic acids is 1. The average Bonchev–Trinajstić information content (AvgIpc) is 2.30. The van der Waals surface area contributed by atoms with Crippen LogP contribution in [0, 0.1) is 5.92 Å². The Kier molecular flexibility index (Phi) is 5.88. The van der Waals surface area contributed by atoms with Gasteiger partial charge in [0.15, 0.2) is 0 Å². The lowest BCUT2D eigenvalue weighted by Crippen LogP contribution is -2.39. The van der Waals surface area contributed by atoms with Crippen LogP contribution in [-0.2, 0) is 19.6 Å². The zero-order valence-corrected chi connectivity index (χ0v) is 12.2. The third-order valence-corrected chi connectivity index (χ3v) is 5.62. The van der Waals surface area contributed by atoms with Crippen LogP contribution in [0.1, 0.15) is 32.6 Å². The van der Waals surface area contributed by atoms with Crippen molar-refractivity contribution in [1.29, 1.82) is 0 Å². The summed E-state index contributed by atoms with van der Waals surface area (Å²) in [4.78, 5) is 11.5. The molecule has 0 aromatic carbocycles. The maximum atomic E-state index is 11.5. The molecule has 0 unspecified atom stereocenters. The number of esters is 1. The molecule has 100 valence electrons. The van der Waals surface area contributed by atoms with E-state index in [1.54, 1.807) is 6.92 Å². The number of ether oxygens (including phenoxy) is 1. The fourth-order valence-electron chi connectivity index (χ4n) is 1.99. The second kappa shape index (κ2) is 6.70. The fraction of sp³-hybridized carbons (Fsp3) is 0.900. The largest absolute Gasteiger partial charge is 0.466 e. The van der Waals surface area contributed by atoms with Crippen LogP contribution in [0.5, 0.6) is 0 Å². The van der Waals surface area contributed by atoms with Crippen molar-refractivity contribution in [3.05, 3.63) is 0 Å². The minimum absolute atomic E-state index is 0.0526. The van der Waals surface area contributed by atoms with Gasteiger partial charge in [0.05, 0.1) is 12.5 Å². The van der Waals surface area contributed by atoms with Crippen molar-refractivity contribution in [3.63, 3.8) is 0 Å². The minimum Gasteiger partial charge on any atom is -0.466 e. The number of alkyl halides is 1. The van der Waals surface area contributed by atoms with Crippen LogP contribution in [-0.4, -0.2) is 31.7 Å². The Morgan fingerprint density at radius 3 is 2.41 bits per heavy atom. The Morgan fingerprint density at radius 2 is 1.94 bits per heavy atom. The predicted molar refractivity (Wildman–Crippen MR) is 68.2 cm³/mol. The van der Waals surface area contributed by atoms with E-state index in [1.807, 2.05) is 0 Å². The first-order valence-corrected chi connectivity index (χ1v) is 8.48. The highest BCUT2D eigenvalue weighted by atomic mass is 79.9. The highest BCUT2D eigenvalue weighted by Crippen LogP contribution is 2.25. The monoisotopic (exact) mass is 327 g/mol. The maximum Gasteiger partial charge on any atom is 0.308 e. The average molecular weight is 328 g/mol. The SMILES string of the molecule is CCOC(=O)C1CCC(NS(=O)(=O)CBr)CC1. The van der Waals surface area contributed by atoms with Crippen LogP contribution in [0.3, 0.4) is 0 Å². The standard InChI is InChI=1S/C10H18BrNO4S/c1-2-16-10(13)8-3-5-9(6-4-8)12-17(14,15)7-11/h8-9,12H,2-7H2,1H3. The number of hydrogen-bond acceptors (Lipinski definition) is 4. The molecule has 7 heteroatoms. The second-order valence-electron chi connectivity index (χ2n) is 4.14. The van der Waals surface area contributed by atoms with Crippen molar-refractivity contribution < 1.29 is 17.9 Å². The normalized spacial score (nSPS) is 25.5. The molecule has 1 fully saturated rings. The van der Waals surface area contributed by atoms with Crippen molar-refractivity contribution in [2.24, 2.45) is 5.92 Å². The lowest BCUT2D eigenvalue weighted by Gasteiger charge is -2.27. The maximum absolute atomic E-state index is 11.5. The first-order chi connectivity index (χ1) is 7.98. The Hall–Kier alpha value is -0.140. The summed E-state index contributed by atoms with van der Waals surface area (Å²) in [7, 11) is -3.22. The number of nitrogens with one attached hydrogen (secondary N) is 1. The van der Waals surface area contributed by atoms with Crippen molar-refractivity contribution in [2.45, 2.75) is 38.6 Å². The predicted octanol–water partition coefficient (Wildman–Crippen LogP) is 1.38. The molecule has 0 bridgehead atoms. The highest BCUT2D eigenvalue weighted by Gasteiger charge is 2.28. The molecule has 1 aliphatic carbocycles. The molecule has 1 saturated carbocycles. The van der Waals surface area contributed by atoms with E-state index in [-0.39, 0.29) is 22.6 Å². The second-order valence-corrected chi connectivity index (χ2v) is 7.20. The summed E-state index contributed by atoms with van der Waals surface area (Å²) in [5, 5.41) is 0. The molecule has 1 aliphatic rings. The summed E-state index contributed by atoms with van der Waals surface area (Å²) in [5.74, 6) is -0.228. The van der Waals surface area contributed by atoms with Gasteiger partial charge in [-0.05, 0) is 32.6 Å². The zero-order valence-electron chi connectivity index (χ0n) is 9.82. The molecule has 0 aromatic heterocycles. The molecular formula is C10H18BrNO4S. The van der Waals surface area contributed by atoms with E-state index in [4.69, 9.17) is 4.74 Å². The summed E-state index contributed by atoms with van der Waals surface area (Å²) in [6.07, 6.45) is 2.76. The Labute approximate surface area is 110 Å². The van der Waals surface area contributed by atoms with E-state index in [0.29, 0.717) is 32.3 Å². The third kappa shape index (κ3) is 4.93. The summed E-state index contributed by atoms with van der Waals surface area (Å²) in [6.45, 7) is 2.18. The first kappa shape index (κ1) is 14.9. The van der Waals surface area contributed by atoms with Crippen LogP contribution >= 0.6 is 15.9 Å². The smallest absolute Gasteiger partial charge is 0.308 e. The van der Waals surface area contributed by atoms with Crippen LogP contribution in [0.4, 0.5) is 0 Å². The van der Waals surface area contributed by atoms with Gasteiger partial charge in [-0.15, -0.1) is 0 Å². The Bertz CT molecular complexity index is 349. The molecular weight excluding hydrogens is 310 g/mol. The highest BCUT2D eigenvalue weighted by molar-refractivity contribution is 9.10. The van der Waals surface area contributed by atoms with E-state index in [9.17, 15) is 13.2 Å². The Balaban J connectivity index is 2.38. The van der Waals surface area contributed by atoms with Crippen molar-refractivity contribution in [3.8, 4) is 0 Å². The van der Waals surface area contributed by atoms with Gasteiger partial charge in [0.1, 0.15) is 4.66 Å². The van der Waals surface area contributed by atoms with Crippen LogP contribution < -0.4 is 4.72 Å². The van der Waals surface area contributed by atoms with Crippen LogP contribution in [0.15, 0.2) is 0 Å². The van der Waals surface area contributed by atoms with Gasteiger partial charge in [0.2, 0.25) is 10.0 Å². The van der Waals surface area contributed by atoms with Crippen molar-refractivity contribution >= 4 is 31.9 Å². The lowest BCUT2D eigenvalue weighted by molar-refractivity contribution is -0.149. The van der Waals surface area contributed by atoms with E-state index < -0.39 is 10.0 Å². The number of rotatable bonds is 5. The first-order valence-electron chi connectivity index (χ1n) is 5.71. The molecule has 0 saturated heterocycles. The van der Waals surface area contributed by atoms with Gasteiger partial charge in [-0.2, -0.15) is 0 Å². The number of sulfonamides is 1. The molecule has 1 N–H and O–H groups in total. The van der Waals surface area contributed by atoms with Gasteiger partial charge in [-0.1, -0.05) is 15.9 Å². The molecule has 17 heavy (non-hydrogen) atoms. The van der Waals surface area contributed by atoms with Gasteiger partial charge in [0, 0.05) is 6.04 Å². The van der Waals surface area contributed by atoms with Gasteiger partial charge < -0.3 is 4.74 Å². The van der Waals surface area contributed by atoms with Gasteiger partial charge in [-0.25, -0.2) is 13.1 Å². The summed E-state index contributed by atoms with van der Waals surface area (Å²) < 4.78 is 30.1. The van der Waals surface area contributed by atoms with Gasteiger partial charge >= 0.3 is 5.97 Å². The molecule has 0 amide bonds. The minimum atomic E-state index is -3.22. The number of halogens is 1. The number of carbonyl (C=O) groups is 1. The van der Waals surface area contributed by atoms with Crippen LogP contribution in [0.25, 0.3) is 0 Å². The molecule has 0 aliphatic heterocycles. The Morgan fingerprint density at radius 1 is 1.35 bits per heavy atom. The summed E-state index contributed by atoms with van der Waals surface area (Å²) >= 11 is 2.93. The summed E-state index contributed by atoms with van der Waals surface area (Å²) in [5.41, 5.74) is 0. The van der Waals surface area contributed by atoms with Gasteiger partial charge in [0.25, 0.3) is 0 Å². The zero-order chi connectivity index (χ0) is 12.9. The molecule has 0 aromatic rings. The lowest BCUT2D eigenvalue weighted by atomic mass is 9.86. The van der Waals surface area contributed by atoms with E-state index in [1.165, 1.54) is 0 Å². The van der Waals surface area contributed by atoms with E-state index >= 15 is 0 Å². The molecule has 0 spiro atoms. The fourth-order valence-corrected chi connectivity index (χ4v) is 3.20. The molecule has 5 nitrogen and oxygen atoms in total. The molecule has 1 rings (SSSR count). The van der Waals surface area contributed by atoms with E-state index in [2.05, 4.69) is 20.7 Å². The molecule has 0 radical (unpaired) electrons. The van der Waals surface area contributed by atoms with Gasteiger partial charge in [-0.3, -0.25) is 4.79 Å². The number of hydrogen-bond donors (Lipinski definition) is 1. The van der Waals surface area contributed by atoms with Crippen LogP contribution in [0.2, 0.25) is 0 Å².